The van der Waals surface area contributed by atoms with Gasteiger partial charge in [0.15, 0.2) is 0 Å². The molecule has 0 aromatic carbocycles. The monoisotopic (exact) mass is 205 g/mol. The maximum Gasteiger partial charge on any atom is 0.394 e. The largest absolute Gasteiger partial charge is 0.474 e. The van der Waals surface area contributed by atoms with E-state index in [0.29, 0.717) is 0 Å². The Bertz CT molecular complexity index is 184. The van der Waals surface area contributed by atoms with Crippen molar-refractivity contribution in [3.8, 4) is 0 Å². The van der Waals surface area contributed by atoms with Crippen molar-refractivity contribution >= 4 is 23.6 Å². The van der Waals surface area contributed by atoms with Crippen LogP contribution in [-0.4, -0.2) is 34.5 Å². The highest BCUT2D eigenvalue weighted by Crippen LogP contribution is 2.03. The van der Waals surface area contributed by atoms with Crippen molar-refractivity contribution in [3.63, 3.8) is 0 Å². The first-order valence-corrected chi connectivity index (χ1v) is 5.35. The molecule has 0 fully saturated rings. The molecule has 1 amide bonds. The number of hydrogen-bond donors (Lipinski definition) is 2. The quantitative estimate of drug-likeness (QED) is 0.512. The number of carboxylic acid groups (broad SMARTS) is 1. The van der Waals surface area contributed by atoms with Crippen LogP contribution in [0.25, 0.3) is 0 Å². The fourth-order valence-corrected chi connectivity index (χ4v) is 1.57. The molecule has 76 valence electrons. The standard InChI is InChI=1S/C8H15NO3S/c1-3-13-5-4-6(2)9-7(10)8(11)12/h6H,3-5H2,1-2H3,(H,9,10)(H,11,12). The van der Waals surface area contributed by atoms with Gasteiger partial charge in [0, 0.05) is 6.04 Å². The fraction of sp³-hybridized carbons (Fsp3) is 0.750. The van der Waals surface area contributed by atoms with Gasteiger partial charge in [-0.05, 0) is 24.9 Å². The molecule has 13 heavy (non-hydrogen) atoms. The van der Waals surface area contributed by atoms with Crippen LogP contribution in [0.4, 0.5) is 0 Å². The average molecular weight is 205 g/mol. The third kappa shape index (κ3) is 6.45. The molecule has 4 nitrogen and oxygen atoms in total. The molecule has 0 aliphatic rings. The van der Waals surface area contributed by atoms with Crippen molar-refractivity contribution < 1.29 is 14.7 Å². The zero-order chi connectivity index (χ0) is 10.3. The van der Waals surface area contributed by atoms with Crippen LogP contribution in [-0.2, 0) is 9.59 Å². The summed E-state index contributed by atoms with van der Waals surface area (Å²) in [7, 11) is 0. The van der Waals surface area contributed by atoms with Gasteiger partial charge in [-0.15, -0.1) is 0 Å². The van der Waals surface area contributed by atoms with E-state index in [1.165, 1.54) is 0 Å². The third-order valence-electron chi connectivity index (χ3n) is 1.47. The van der Waals surface area contributed by atoms with Crippen molar-refractivity contribution in [1.29, 1.82) is 0 Å². The van der Waals surface area contributed by atoms with E-state index in [4.69, 9.17) is 5.11 Å². The molecular formula is C8H15NO3S. The van der Waals surface area contributed by atoms with Crippen molar-refractivity contribution in [2.75, 3.05) is 11.5 Å². The number of thioether (sulfide) groups is 1. The van der Waals surface area contributed by atoms with Gasteiger partial charge in [-0.3, -0.25) is 4.79 Å². The first-order valence-electron chi connectivity index (χ1n) is 4.19. The van der Waals surface area contributed by atoms with Gasteiger partial charge >= 0.3 is 11.9 Å². The van der Waals surface area contributed by atoms with E-state index < -0.39 is 11.9 Å². The minimum absolute atomic E-state index is 0.0670. The third-order valence-corrected chi connectivity index (χ3v) is 2.40. The lowest BCUT2D eigenvalue weighted by Gasteiger charge is -2.10. The Morgan fingerprint density at radius 1 is 1.54 bits per heavy atom. The second kappa shape index (κ2) is 6.77. The van der Waals surface area contributed by atoms with Gasteiger partial charge in [0.25, 0.3) is 0 Å². The number of carbonyl (C=O) groups excluding carboxylic acids is 1. The summed E-state index contributed by atoms with van der Waals surface area (Å²) in [6.07, 6.45) is 0.803. The summed E-state index contributed by atoms with van der Waals surface area (Å²) in [4.78, 5) is 20.8. The van der Waals surface area contributed by atoms with Crippen molar-refractivity contribution in [3.05, 3.63) is 0 Å². The molecule has 0 aromatic rings. The highest BCUT2D eigenvalue weighted by atomic mass is 32.2. The summed E-state index contributed by atoms with van der Waals surface area (Å²) in [5.41, 5.74) is 0. The first-order chi connectivity index (χ1) is 6.07. The summed E-state index contributed by atoms with van der Waals surface area (Å²) in [6.45, 7) is 3.86. The van der Waals surface area contributed by atoms with Crippen LogP contribution in [0.1, 0.15) is 20.3 Å². The summed E-state index contributed by atoms with van der Waals surface area (Å²) in [5.74, 6) is -0.360. The lowest BCUT2D eigenvalue weighted by molar-refractivity contribution is -0.150. The van der Waals surface area contributed by atoms with Gasteiger partial charge in [-0.1, -0.05) is 6.92 Å². The van der Waals surface area contributed by atoms with Gasteiger partial charge in [0.2, 0.25) is 0 Å². The van der Waals surface area contributed by atoms with Crippen LogP contribution in [0.5, 0.6) is 0 Å². The van der Waals surface area contributed by atoms with Gasteiger partial charge in [0.05, 0.1) is 0 Å². The van der Waals surface area contributed by atoms with Crippen molar-refractivity contribution in [1.82, 2.24) is 5.32 Å². The second-order valence-electron chi connectivity index (χ2n) is 2.67. The maximum absolute atomic E-state index is 10.7. The van der Waals surface area contributed by atoms with Gasteiger partial charge in [-0.25, -0.2) is 4.79 Å². The molecule has 0 spiro atoms. The normalized spacial score (nSPS) is 12.2. The minimum Gasteiger partial charge on any atom is -0.474 e. The van der Waals surface area contributed by atoms with Gasteiger partial charge < -0.3 is 10.4 Å². The summed E-state index contributed by atoms with van der Waals surface area (Å²) < 4.78 is 0. The Morgan fingerprint density at radius 3 is 2.62 bits per heavy atom. The zero-order valence-corrected chi connectivity index (χ0v) is 8.69. The number of amides is 1. The van der Waals surface area contributed by atoms with E-state index in [1.54, 1.807) is 18.7 Å². The fourth-order valence-electron chi connectivity index (χ4n) is 0.762. The first kappa shape index (κ1) is 12.3. The number of hydrogen-bond acceptors (Lipinski definition) is 3. The van der Waals surface area contributed by atoms with E-state index in [1.807, 2.05) is 0 Å². The highest BCUT2D eigenvalue weighted by molar-refractivity contribution is 7.99. The van der Waals surface area contributed by atoms with E-state index in [9.17, 15) is 9.59 Å². The molecule has 0 bridgehead atoms. The Morgan fingerprint density at radius 2 is 2.15 bits per heavy atom. The number of nitrogens with one attached hydrogen (secondary N) is 1. The molecule has 0 saturated heterocycles. The molecule has 1 unspecified atom stereocenters. The molecular weight excluding hydrogens is 190 g/mol. The summed E-state index contributed by atoms with van der Waals surface area (Å²) in [6, 6.07) is -0.0670. The lowest BCUT2D eigenvalue weighted by Crippen LogP contribution is -2.37. The van der Waals surface area contributed by atoms with Crippen LogP contribution in [0.2, 0.25) is 0 Å². The Balaban J connectivity index is 3.55. The number of aliphatic carboxylic acids is 1. The minimum atomic E-state index is -1.42. The number of carbonyl (C=O) groups is 2. The topological polar surface area (TPSA) is 66.4 Å². The predicted octanol–water partition coefficient (Wildman–Crippen LogP) is 0.719. The van der Waals surface area contributed by atoms with Crippen LogP contribution in [0, 0.1) is 0 Å². The smallest absolute Gasteiger partial charge is 0.394 e. The number of rotatable bonds is 5. The van der Waals surface area contributed by atoms with Crippen molar-refractivity contribution in [2.45, 2.75) is 26.3 Å². The predicted molar refractivity (Wildman–Crippen MR) is 52.9 cm³/mol. The molecule has 0 aliphatic carbocycles. The average Bonchev–Trinajstić information content (AvgIpc) is 2.04. The molecule has 2 N–H and O–H groups in total. The molecule has 5 heteroatoms. The van der Waals surface area contributed by atoms with E-state index in [0.717, 1.165) is 17.9 Å². The van der Waals surface area contributed by atoms with Gasteiger partial charge in [0.1, 0.15) is 0 Å². The van der Waals surface area contributed by atoms with Crippen LogP contribution in [0.15, 0.2) is 0 Å². The van der Waals surface area contributed by atoms with Crippen LogP contribution in [0.3, 0.4) is 0 Å². The molecule has 0 saturated carbocycles. The second-order valence-corrected chi connectivity index (χ2v) is 4.06. The Hall–Kier alpha value is -0.710. The SMILES string of the molecule is CCSCCC(C)NC(=O)C(=O)O. The maximum atomic E-state index is 10.7. The van der Waals surface area contributed by atoms with E-state index >= 15 is 0 Å². The lowest BCUT2D eigenvalue weighted by atomic mass is 10.2. The van der Waals surface area contributed by atoms with Crippen LogP contribution >= 0.6 is 11.8 Å². The van der Waals surface area contributed by atoms with Gasteiger partial charge in [-0.2, -0.15) is 11.8 Å². The summed E-state index contributed by atoms with van der Waals surface area (Å²) in [5, 5.41) is 10.7. The summed E-state index contributed by atoms with van der Waals surface area (Å²) >= 11 is 1.77. The number of carboxylic acids is 1. The molecule has 0 heterocycles. The molecule has 1 atom stereocenters. The highest BCUT2D eigenvalue weighted by Gasteiger charge is 2.13. The zero-order valence-electron chi connectivity index (χ0n) is 7.87. The van der Waals surface area contributed by atoms with Crippen molar-refractivity contribution in [2.24, 2.45) is 0 Å². The van der Waals surface area contributed by atoms with E-state index in [-0.39, 0.29) is 6.04 Å². The molecule has 0 aromatic heterocycles. The Kier molecular flexibility index (Phi) is 6.40. The molecule has 0 aliphatic heterocycles. The molecule has 0 rings (SSSR count). The van der Waals surface area contributed by atoms with E-state index in [2.05, 4.69) is 12.2 Å². The Labute approximate surface area is 82.1 Å². The molecule has 0 radical (unpaired) electrons. The van der Waals surface area contributed by atoms with Crippen LogP contribution < -0.4 is 5.32 Å².